The van der Waals surface area contributed by atoms with Gasteiger partial charge in [0.2, 0.25) is 10.0 Å². The average Bonchev–Trinajstić information content (AvgIpc) is 2.60. The van der Waals surface area contributed by atoms with Crippen molar-refractivity contribution < 1.29 is 26.4 Å². The van der Waals surface area contributed by atoms with Gasteiger partial charge in [0.15, 0.2) is 0 Å². The van der Waals surface area contributed by atoms with Crippen LogP contribution in [0.5, 0.6) is 0 Å². The monoisotopic (exact) mass is 433 g/mol. The lowest BCUT2D eigenvalue weighted by Gasteiger charge is -2.22. The van der Waals surface area contributed by atoms with Gasteiger partial charge in [0.25, 0.3) is 5.91 Å². The Morgan fingerprint density at radius 3 is 2.43 bits per heavy atom. The van der Waals surface area contributed by atoms with Crippen molar-refractivity contribution in [2.24, 2.45) is 5.10 Å². The highest BCUT2D eigenvalue weighted by molar-refractivity contribution is 7.92. The molecule has 0 saturated heterocycles. The van der Waals surface area contributed by atoms with Gasteiger partial charge >= 0.3 is 6.18 Å². The quantitative estimate of drug-likeness (QED) is 0.561. The summed E-state index contributed by atoms with van der Waals surface area (Å²) in [5, 5.41) is 4.21. The molecule has 0 aromatic heterocycles. The molecule has 0 aliphatic rings. The van der Waals surface area contributed by atoms with Gasteiger partial charge < -0.3 is 0 Å². The third kappa shape index (κ3) is 6.24. The molecule has 0 bridgehead atoms. The average molecular weight is 434 g/mol. The van der Waals surface area contributed by atoms with Gasteiger partial charge in [0, 0.05) is 5.02 Å². The zero-order valence-electron chi connectivity index (χ0n) is 14.4. The van der Waals surface area contributed by atoms with Crippen LogP contribution in [0.25, 0.3) is 0 Å². The number of anilines is 1. The Kier molecular flexibility index (Phi) is 6.68. The van der Waals surface area contributed by atoms with Crippen molar-refractivity contribution >= 4 is 39.4 Å². The molecule has 0 radical (unpaired) electrons. The van der Waals surface area contributed by atoms with Gasteiger partial charge in [-0.1, -0.05) is 29.8 Å². The molecule has 2 rings (SSSR count). The Hall–Kier alpha value is -2.59. The number of sulfonamides is 1. The Bertz CT molecular complexity index is 977. The third-order valence-corrected chi connectivity index (χ3v) is 4.81. The third-order valence-electron chi connectivity index (χ3n) is 3.42. The van der Waals surface area contributed by atoms with Gasteiger partial charge in [-0.3, -0.25) is 9.10 Å². The van der Waals surface area contributed by atoms with Crippen molar-refractivity contribution in [1.29, 1.82) is 0 Å². The fourth-order valence-electron chi connectivity index (χ4n) is 2.13. The second kappa shape index (κ2) is 8.61. The molecule has 0 saturated carbocycles. The fourth-order valence-corrected chi connectivity index (χ4v) is 3.11. The van der Waals surface area contributed by atoms with Crippen LogP contribution in [-0.4, -0.2) is 33.3 Å². The van der Waals surface area contributed by atoms with Crippen LogP contribution in [0, 0.1) is 0 Å². The minimum atomic E-state index is -4.65. The van der Waals surface area contributed by atoms with Crippen LogP contribution < -0.4 is 9.73 Å². The maximum absolute atomic E-state index is 12.9. The van der Waals surface area contributed by atoms with E-state index in [4.69, 9.17) is 11.6 Å². The van der Waals surface area contributed by atoms with Gasteiger partial charge in [-0.25, -0.2) is 13.8 Å². The molecule has 0 aliphatic heterocycles. The highest BCUT2D eigenvalue weighted by Gasteiger charge is 2.31. The predicted molar refractivity (Wildman–Crippen MR) is 101 cm³/mol. The van der Waals surface area contributed by atoms with Crippen molar-refractivity contribution in [2.75, 3.05) is 17.1 Å². The van der Waals surface area contributed by atoms with E-state index in [-0.39, 0.29) is 5.69 Å². The number of amides is 1. The molecule has 0 unspecified atom stereocenters. The molecule has 2 aromatic rings. The number of benzene rings is 2. The lowest BCUT2D eigenvalue weighted by molar-refractivity contribution is -0.137. The first-order valence-corrected chi connectivity index (χ1v) is 9.92. The van der Waals surface area contributed by atoms with Gasteiger partial charge in [-0.15, -0.1) is 0 Å². The van der Waals surface area contributed by atoms with Crippen molar-refractivity contribution in [3.8, 4) is 0 Å². The zero-order chi connectivity index (χ0) is 20.9. The number of carbonyl (C=O) groups is 1. The summed E-state index contributed by atoms with van der Waals surface area (Å²) >= 11 is 5.75. The summed E-state index contributed by atoms with van der Waals surface area (Å²) in [5.41, 5.74) is 1.45. The smallest absolute Gasteiger partial charge is 0.271 e. The minimum absolute atomic E-state index is 0.283. The maximum atomic E-state index is 12.9. The van der Waals surface area contributed by atoms with E-state index in [0.29, 0.717) is 21.0 Å². The Labute approximate surface area is 164 Å². The standard InChI is InChI=1S/C17H15ClF3N3O3S/c1-28(26,27)24(15-4-2-3-13(9-15)17(19,20)21)11-16(25)23-22-10-12-5-7-14(18)8-6-12/h2-10H,11H2,1H3,(H,23,25)/b22-10-. The summed E-state index contributed by atoms with van der Waals surface area (Å²) in [4.78, 5) is 12.0. The molecule has 11 heteroatoms. The van der Waals surface area contributed by atoms with Gasteiger partial charge in [-0.05, 0) is 35.9 Å². The number of carbonyl (C=O) groups excluding carboxylic acids is 1. The molecule has 0 atom stereocenters. The van der Waals surface area contributed by atoms with E-state index >= 15 is 0 Å². The minimum Gasteiger partial charge on any atom is -0.271 e. The fraction of sp³-hybridized carbons (Fsp3) is 0.176. The van der Waals surface area contributed by atoms with Crippen molar-refractivity contribution in [1.82, 2.24) is 5.43 Å². The second-order valence-electron chi connectivity index (χ2n) is 5.66. The van der Waals surface area contributed by atoms with Crippen molar-refractivity contribution in [2.45, 2.75) is 6.18 Å². The molecule has 28 heavy (non-hydrogen) atoms. The summed E-state index contributed by atoms with van der Waals surface area (Å²) < 4.78 is 63.1. The Morgan fingerprint density at radius 2 is 1.86 bits per heavy atom. The molecule has 2 aromatic carbocycles. The van der Waals surface area contributed by atoms with Crippen LogP contribution in [0.15, 0.2) is 53.6 Å². The van der Waals surface area contributed by atoms with Gasteiger partial charge in [-0.2, -0.15) is 18.3 Å². The molecule has 1 amide bonds. The number of nitrogens with zero attached hydrogens (tertiary/aromatic N) is 2. The molecule has 0 heterocycles. The lowest BCUT2D eigenvalue weighted by Crippen LogP contribution is -2.39. The number of hydrogen-bond donors (Lipinski definition) is 1. The van der Waals surface area contributed by atoms with Crippen LogP contribution in [0.3, 0.4) is 0 Å². The van der Waals surface area contributed by atoms with Gasteiger partial charge in [0.1, 0.15) is 6.54 Å². The number of nitrogens with one attached hydrogen (secondary N) is 1. The zero-order valence-corrected chi connectivity index (χ0v) is 16.0. The van der Waals surface area contributed by atoms with Crippen LogP contribution in [0.2, 0.25) is 5.02 Å². The van der Waals surface area contributed by atoms with Crippen molar-refractivity contribution in [3.63, 3.8) is 0 Å². The molecule has 6 nitrogen and oxygen atoms in total. The number of hydrazone groups is 1. The number of alkyl halides is 3. The van der Waals surface area contributed by atoms with E-state index in [0.717, 1.165) is 18.4 Å². The van der Waals surface area contributed by atoms with E-state index in [1.54, 1.807) is 24.3 Å². The van der Waals surface area contributed by atoms with Gasteiger partial charge in [0.05, 0.1) is 23.7 Å². The van der Waals surface area contributed by atoms with Crippen molar-refractivity contribution in [3.05, 3.63) is 64.7 Å². The normalized spacial score (nSPS) is 12.2. The molecular formula is C17H15ClF3N3O3S. The molecule has 0 aliphatic carbocycles. The molecule has 150 valence electrons. The highest BCUT2D eigenvalue weighted by Crippen LogP contribution is 2.32. The molecule has 0 spiro atoms. The first-order valence-electron chi connectivity index (χ1n) is 7.69. The predicted octanol–water partition coefficient (Wildman–Crippen LogP) is 3.28. The van der Waals surface area contributed by atoms with Crippen LogP contribution >= 0.6 is 11.6 Å². The molecule has 0 fully saturated rings. The first kappa shape index (κ1) is 21.7. The number of rotatable bonds is 6. The summed E-state index contributed by atoms with van der Waals surface area (Å²) in [6, 6.07) is 10.2. The summed E-state index contributed by atoms with van der Waals surface area (Å²) in [7, 11) is -4.02. The molecule has 1 N–H and O–H groups in total. The van der Waals surface area contributed by atoms with E-state index in [1.165, 1.54) is 12.3 Å². The SMILES string of the molecule is CS(=O)(=O)N(CC(=O)N/N=C\c1ccc(Cl)cc1)c1cccc(C(F)(F)F)c1. The number of halogens is 4. The second-order valence-corrected chi connectivity index (χ2v) is 8.01. The Balaban J connectivity index is 2.14. The summed E-state index contributed by atoms with van der Waals surface area (Å²) in [6.45, 7) is -0.738. The number of hydrogen-bond acceptors (Lipinski definition) is 4. The van der Waals surface area contributed by atoms with E-state index < -0.39 is 34.2 Å². The highest BCUT2D eigenvalue weighted by atomic mass is 35.5. The van der Waals surface area contributed by atoms with Crippen LogP contribution in [0.1, 0.15) is 11.1 Å². The maximum Gasteiger partial charge on any atom is 0.416 e. The summed E-state index contributed by atoms with van der Waals surface area (Å²) in [6.07, 6.45) is -2.55. The van der Waals surface area contributed by atoms with Crippen LogP contribution in [-0.2, 0) is 21.0 Å². The van der Waals surface area contributed by atoms with E-state index in [1.807, 2.05) is 0 Å². The van der Waals surface area contributed by atoms with Crippen LogP contribution in [0.4, 0.5) is 18.9 Å². The summed E-state index contributed by atoms with van der Waals surface area (Å²) in [5.74, 6) is -0.826. The molecular weight excluding hydrogens is 419 g/mol. The lowest BCUT2D eigenvalue weighted by atomic mass is 10.2. The van der Waals surface area contributed by atoms with E-state index in [2.05, 4.69) is 10.5 Å². The largest absolute Gasteiger partial charge is 0.416 e. The topological polar surface area (TPSA) is 78.8 Å². The van der Waals surface area contributed by atoms with E-state index in [9.17, 15) is 26.4 Å². The Morgan fingerprint density at radius 1 is 1.21 bits per heavy atom. The first-order chi connectivity index (χ1) is 13.0.